The molecule has 0 bridgehead atoms. The number of hydrogen-bond donors (Lipinski definition) is 0. The number of nitrogens with zero attached hydrogens (tertiary/aromatic N) is 1. The summed E-state index contributed by atoms with van der Waals surface area (Å²) in [6.07, 6.45) is 7.14. The number of allylic oxidation sites excluding steroid dienone is 4. The smallest absolute Gasteiger partial charge is 0.0701 e. The van der Waals surface area contributed by atoms with Gasteiger partial charge in [0, 0.05) is 6.20 Å². The molecule has 0 aliphatic carbocycles. The second-order valence-electron chi connectivity index (χ2n) is 2.28. The van der Waals surface area contributed by atoms with Gasteiger partial charge in [0.05, 0.1) is 5.69 Å². The molecule has 1 heteroatoms. The lowest BCUT2D eigenvalue weighted by Gasteiger charge is -1.97. The standard InChI is InChI=1S/C11H11N.3C2H6/c1-3-7-10(4-2)11-8-5-6-9-12-11;3*1-2/h3-9H,1-2H2;3*1-2H3/b10-7+;;;. The van der Waals surface area contributed by atoms with Crippen LogP contribution in [-0.2, 0) is 0 Å². The van der Waals surface area contributed by atoms with E-state index in [9.17, 15) is 0 Å². The number of pyridine rings is 1. The fourth-order valence-electron chi connectivity index (χ4n) is 0.918. The van der Waals surface area contributed by atoms with E-state index in [1.165, 1.54) is 0 Å². The number of rotatable bonds is 3. The first kappa shape index (κ1) is 21.6. The molecule has 0 spiro atoms. The van der Waals surface area contributed by atoms with Gasteiger partial charge >= 0.3 is 0 Å². The van der Waals surface area contributed by atoms with E-state index in [0.717, 1.165) is 11.3 Å². The summed E-state index contributed by atoms with van der Waals surface area (Å²) >= 11 is 0. The topological polar surface area (TPSA) is 12.9 Å². The third kappa shape index (κ3) is 10.9. The van der Waals surface area contributed by atoms with Crippen LogP contribution in [0.3, 0.4) is 0 Å². The van der Waals surface area contributed by atoms with E-state index in [1.807, 2.05) is 65.8 Å². The Kier molecular flexibility index (Phi) is 24.9. The SMILES string of the molecule is C=C/C=C(\C=C)c1ccccn1.CC.CC.CC. The molecular weight excluding hydrogens is 218 g/mol. The fourth-order valence-corrected chi connectivity index (χ4v) is 0.918. The van der Waals surface area contributed by atoms with Crippen molar-refractivity contribution in [2.45, 2.75) is 41.5 Å². The predicted molar refractivity (Wildman–Crippen MR) is 86.7 cm³/mol. The molecule has 0 N–H and O–H groups in total. The van der Waals surface area contributed by atoms with Crippen LogP contribution in [0.4, 0.5) is 0 Å². The van der Waals surface area contributed by atoms with Crippen molar-refractivity contribution in [1.82, 2.24) is 4.98 Å². The molecule has 0 radical (unpaired) electrons. The van der Waals surface area contributed by atoms with Gasteiger partial charge < -0.3 is 0 Å². The average Bonchev–Trinajstić information content (AvgIpc) is 2.52. The number of aromatic nitrogens is 1. The highest BCUT2D eigenvalue weighted by molar-refractivity contribution is 5.72. The Hall–Kier alpha value is -1.63. The monoisotopic (exact) mass is 247 g/mol. The van der Waals surface area contributed by atoms with E-state index in [2.05, 4.69) is 18.1 Å². The van der Waals surface area contributed by atoms with E-state index in [-0.39, 0.29) is 0 Å². The lowest BCUT2D eigenvalue weighted by atomic mass is 10.1. The van der Waals surface area contributed by atoms with Gasteiger partial charge in [-0.1, -0.05) is 79.0 Å². The summed E-state index contributed by atoms with van der Waals surface area (Å²) in [7, 11) is 0. The zero-order chi connectivity index (χ0) is 14.8. The third-order valence-corrected chi connectivity index (χ3v) is 1.48. The van der Waals surface area contributed by atoms with Gasteiger partial charge in [0.2, 0.25) is 0 Å². The van der Waals surface area contributed by atoms with Crippen LogP contribution in [0.5, 0.6) is 0 Å². The lowest BCUT2D eigenvalue weighted by Crippen LogP contribution is -1.83. The highest BCUT2D eigenvalue weighted by Gasteiger charge is 1.94. The number of hydrogen-bond acceptors (Lipinski definition) is 1. The summed E-state index contributed by atoms with van der Waals surface area (Å²) in [6, 6.07) is 5.78. The Balaban J connectivity index is -0.000000328. The molecule has 0 aromatic carbocycles. The van der Waals surface area contributed by atoms with Gasteiger partial charge in [0.15, 0.2) is 0 Å². The molecule has 18 heavy (non-hydrogen) atoms. The Labute approximate surface area is 114 Å². The van der Waals surface area contributed by atoms with Crippen molar-refractivity contribution < 1.29 is 0 Å². The highest BCUT2D eigenvalue weighted by Crippen LogP contribution is 2.11. The highest BCUT2D eigenvalue weighted by atomic mass is 14.7. The fraction of sp³-hybridized carbons (Fsp3) is 0.353. The molecule has 0 unspecified atom stereocenters. The molecule has 0 aliphatic rings. The average molecular weight is 247 g/mol. The van der Waals surface area contributed by atoms with Crippen molar-refractivity contribution in [3.05, 3.63) is 61.5 Å². The minimum atomic E-state index is 0.924. The first-order chi connectivity index (χ1) is 8.88. The van der Waals surface area contributed by atoms with Crippen molar-refractivity contribution >= 4 is 5.57 Å². The molecule has 1 rings (SSSR count). The van der Waals surface area contributed by atoms with Crippen LogP contribution in [0.15, 0.2) is 55.8 Å². The largest absolute Gasteiger partial charge is 0.256 e. The Morgan fingerprint density at radius 2 is 1.56 bits per heavy atom. The summed E-state index contributed by atoms with van der Waals surface area (Å²) in [5.41, 5.74) is 1.91. The minimum Gasteiger partial charge on any atom is -0.256 e. The van der Waals surface area contributed by atoms with Gasteiger partial charge in [0.25, 0.3) is 0 Å². The normalized spacial score (nSPS) is 8.22. The van der Waals surface area contributed by atoms with E-state index < -0.39 is 0 Å². The lowest BCUT2D eigenvalue weighted by molar-refractivity contribution is 1.28. The molecular formula is C17H29N. The summed E-state index contributed by atoms with van der Waals surface area (Å²) < 4.78 is 0. The summed E-state index contributed by atoms with van der Waals surface area (Å²) in [6.45, 7) is 19.3. The second kappa shape index (κ2) is 20.7. The Morgan fingerprint density at radius 3 is 1.89 bits per heavy atom. The first-order valence-corrected chi connectivity index (χ1v) is 6.75. The van der Waals surface area contributed by atoms with Gasteiger partial charge in [-0.15, -0.1) is 0 Å². The van der Waals surface area contributed by atoms with Crippen molar-refractivity contribution in [3.63, 3.8) is 0 Å². The molecule has 1 nitrogen and oxygen atoms in total. The predicted octanol–water partition coefficient (Wildman–Crippen LogP) is 5.92. The van der Waals surface area contributed by atoms with Crippen molar-refractivity contribution in [3.8, 4) is 0 Å². The molecule has 0 aliphatic heterocycles. The van der Waals surface area contributed by atoms with Gasteiger partial charge in [-0.2, -0.15) is 0 Å². The van der Waals surface area contributed by atoms with Gasteiger partial charge in [-0.05, 0) is 17.7 Å². The molecule has 0 amide bonds. The summed E-state index contributed by atoms with van der Waals surface area (Å²) in [4.78, 5) is 4.18. The maximum absolute atomic E-state index is 4.18. The molecule has 0 saturated heterocycles. The van der Waals surface area contributed by atoms with E-state index in [1.54, 1.807) is 18.3 Å². The molecule has 1 aromatic rings. The van der Waals surface area contributed by atoms with Gasteiger partial charge in [-0.25, -0.2) is 0 Å². The summed E-state index contributed by atoms with van der Waals surface area (Å²) in [5, 5.41) is 0. The minimum absolute atomic E-state index is 0.924. The zero-order valence-corrected chi connectivity index (χ0v) is 12.9. The molecule has 0 saturated carbocycles. The van der Waals surface area contributed by atoms with Gasteiger partial charge in [-0.3, -0.25) is 4.98 Å². The van der Waals surface area contributed by atoms with Gasteiger partial charge in [0.1, 0.15) is 0 Å². The summed E-state index contributed by atoms with van der Waals surface area (Å²) in [5.74, 6) is 0. The zero-order valence-electron chi connectivity index (χ0n) is 12.9. The van der Waals surface area contributed by atoms with Crippen molar-refractivity contribution in [1.29, 1.82) is 0 Å². The van der Waals surface area contributed by atoms with Crippen LogP contribution < -0.4 is 0 Å². The van der Waals surface area contributed by atoms with Crippen LogP contribution in [0.25, 0.3) is 5.57 Å². The van der Waals surface area contributed by atoms with Crippen LogP contribution in [0.2, 0.25) is 0 Å². The van der Waals surface area contributed by atoms with Crippen LogP contribution >= 0.6 is 0 Å². The van der Waals surface area contributed by atoms with Crippen LogP contribution in [0, 0.1) is 0 Å². The van der Waals surface area contributed by atoms with Crippen LogP contribution in [0.1, 0.15) is 47.2 Å². The molecule has 102 valence electrons. The molecule has 1 heterocycles. The maximum Gasteiger partial charge on any atom is 0.0701 e. The Bertz CT molecular complexity index is 297. The molecule has 0 fully saturated rings. The maximum atomic E-state index is 4.18. The molecule has 1 aromatic heterocycles. The quantitative estimate of drug-likeness (QED) is 0.604. The van der Waals surface area contributed by atoms with Crippen molar-refractivity contribution in [2.75, 3.05) is 0 Å². The third-order valence-electron chi connectivity index (χ3n) is 1.48. The van der Waals surface area contributed by atoms with E-state index >= 15 is 0 Å². The Morgan fingerprint density at radius 1 is 1.00 bits per heavy atom. The van der Waals surface area contributed by atoms with E-state index in [4.69, 9.17) is 0 Å². The van der Waals surface area contributed by atoms with Crippen LogP contribution in [-0.4, -0.2) is 4.98 Å². The molecule has 0 atom stereocenters. The van der Waals surface area contributed by atoms with E-state index in [0.29, 0.717) is 0 Å². The second-order valence-corrected chi connectivity index (χ2v) is 2.28. The first-order valence-electron chi connectivity index (χ1n) is 6.75. The van der Waals surface area contributed by atoms with Crippen molar-refractivity contribution in [2.24, 2.45) is 0 Å².